The van der Waals surface area contributed by atoms with E-state index >= 15 is 0 Å². The highest BCUT2D eigenvalue weighted by atomic mass is 32.2. The Morgan fingerprint density at radius 3 is 2.54 bits per heavy atom. The molecule has 1 aliphatic rings. The molecule has 0 aliphatic carbocycles. The summed E-state index contributed by atoms with van der Waals surface area (Å²) in [5.41, 5.74) is 0.949. The lowest BCUT2D eigenvalue weighted by molar-refractivity contribution is -0.127. The molecule has 1 unspecified atom stereocenters. The van der Waals surface area contributed by atoms with E-state index in [9.17, 15) is 4.79 Å². The zero-order chi connectivity index (χ0) is 17.5. The van der Waals surface area contributed by atoms with Crippen LogP contribution in [0, 0.1) is 22.7 Å². The van der Waals surface area contributed by atoms with Gasteiger partial charge in [-0.25, -0.2) is 0 Å². The van der Waals surface area contributed by atoms with Crippen LogP contribution in [0.3, 0.4) is 0 Å². The standard InChI is InChI=1S/C17H18N4O2S/c1-3-21-16(22)15(24-17(21)12(10-18)11-19)8-9-20-13-4-6-14(23-2)7-5-13/h4-7,15,20H,3,8-9H2,1-2H3. The van der Waals surface area contributed by atoms with Gasteiger partial charge in [0, 0.05) is 18.8 Å². The maximum absolute atomic E-state index is 12.4. The van der Waals surface area contributed by atoms with E-state index in [0.29, 0.717) is 24.5 Å². The molecule has 0 saturated carbocycles. The molecule has 1 fully saturated rings. The van der Waals surface area contributed by atoms with E-state index in [0.717, 1.165) is 11.4 Å². The van der Waals surface area contributed by atoms with Gasteiger partial charge in [0.05, 0.1) is 12.4 Å². The van der Waals surface area contributed by atoms with Crippen molar-refractivity contribution in [2.45, 2.75) is 18.6 Å². The summed E-state index contributed by atoms with van der Waals surface area (Å²) in [6, 6.07) is 11.3. The number of anilines is 1. The van der Waals surface area contributed by atoms with Gasteiger partial charge in [-0.3, -0.25) is 4.79 Å². The van der Waals surface area contributed by atoms with Crippen LogP contribution in [0.4, 0.5) is 5.69 Å². The van der Waals surface area contributed by atoms with Crippen LogP contribution in [-0.2, 0) is 4.79 Å². The van der Waals surface area contributed by atoms with Crippen LogP contribution >= 0.6 is 11.8 Å². The number of allylic oxidation sites excluding steroid dienone is 1. The van der Waals surface area contributed by atoms with Crippen LogP contribution in [0.1, 0.15) is 13.3 Å². The number of rotatable bonds is 6. The van der Waals surface area contributed by atoms with Crippen LogP contribution in [0.25, 0.3) is 0 Å². The van der Waals surface area contributed by atoms with Gasteiger partial charge in [0.2, 0.25) is 5.91 Å². The number of thioether (sulfide) groups is 1. The number of nitriles is 2. The molecule has 1 aromatic rings. The van der Waals surface area contributed by atoms with Crippen molar-refractivity contribution in [2.24, 2.45) is 0 Å². The molecule has 1 N–H and O–H groups in total. The van der Waals surface area contributed by atoms with Crippen molar-refractivity contribution in [1.29, 1.82) is 10.5 Å². The Kier molecular flexibility index (Phi) is 6.11. The quantitative estimate of drug-likeness (QED) is 0.800. The topological polar surface area (TPSA) is 89.2 Å². The average Bonchev–Trinajstić information content (AvgIpc) is 2.92. The minimum Gasteiger partial charge on any atom is -0.497 e. The summed E-state index contributed by atoms with van der Waals surface area (Å²) in [5.74, 6) is 0.744. The second kappa shape index (κ2) is 8.28. The van der Waals surface area contributed by atoms with Gasteiger partial charge in [0.25, 0.3) is 0 Å². The Morgan fingerprint density at radius 2 is 2.00 bits per heavy atom. The maximum atomic E-state index is 12.4. The highest BCUT2D eigenvalue weighted by Gasteiger charge is 2.37. The molecule has 0 spiro atoms. The van der Waals surface area contributed by atoms with Gasteiger partial charge in [0.1, 0.15) is 22.9 Å². The molecule has 0 radical (unpaired) electrons. The van der Waals surface area contributed by atoms with Crippen molar-refractivity contribution in [3.8, 4) is 17.9 Å². The molecule has 1 heterocycles. The fourth-order valence-corrected chi connectivity index (χ4v) is 3.66. The number of nitrogens with zero attached hydrogens (tertiary/aromatic N) is 3. The smallest absolute Gasteiger partial charge is 0.241 e. The summed E-state index contributed by atoms with van der Waals surface area (Å²) in [7, 11) is 1.62. The number of methoxy groups -OCH3 is 1. The summed E-state index contributed by atoms with van der Waals surface area (Å²) < 4.78 is 5.11. The second-order valence-corrected chi connectivity index (χ2v) is 6.23. The molecule has 124 valence electrons. The third-order valence-electron chi connectivity index (χ3n) is 3.62. The lowest BCUT2D eigenvalue weighted by Gasteiger charge is -2.14. The van der Waals surface area contributed by atoms with Crippen LogP contribution in [0.2, 0.25) is 0 Å². The first kappa shape index (κ1) is 17.7. The van der Waals surface area contributed by atoms with Gasteiger partial charge in [-0.2, -0.15) is 10.5 Å². The summed E-state index contributed by atoms with van der Waals surface area (Å²) in [5, 5.41) is 21.5. The van der Waals surface area contributed by atoms with Gasteiger partial charge in [-0.05, 0) is 37.6 Å². The normalized spacial score (nSPS) is 16.5. The van der Waals surface area contributed by atoms with E-state index < -0.39 is 0 Å². The van der Waals surface area contributed by atoms with Crippen molar-refractivity contribution in [3.63, 3.8) is 0 Å². The number of benzene rings is 1. The zero-order valence-electron chi connectivity index (χ0n) is 13.6. The van der Waals surface area contributed by atoms with Gasteiger partial charge >= 0.3 is 0 Å². The summed E-state index contributed by atoms with van der Waals surface area (Å²) in [4.78, 5) is 13.9. The molecule has 1 amide bonds. The molecular formula is C17H18N4O2S. The molecule has 1 aliphatic heterocycles. The first-order valence-electron chi connectivity index (χ1n) is 7.55. The molecule has 1 saturated heterocycles. The minimum absolute atomic E-state index is 0.000753. The SMILES string of the molecule is CCN1C(=O)C(CCNc2ccc(OC)cc2)SC1=C(C#N)C#N. The Labute approximate surface area is 145 Å². The van der Waals surface area contributed by atoms with E-state index in [2.05, 4.69) is 5.32 Å². The Morgan fingerprint density at radius 1 is 1.33 bits per heavy atom. The van der Waals surface area contributed by atoms with Crippen molar-refractivity contribution in [3.05, 3.63) is 34.9 Å². The molecule has 2 rings (SSSR count). The van der Waals surface area contributed by atoms with E-state index in [1.807, 2.05) is 43.3 Å². The molecule has 6 nitrogen and oxygen atoms in total. The lowest BCUT2D eigenvalue weighted by Crippen LogP contribution is -2.29. The first-order chi connectivity index (χ1) is 11.6. The number of nitrogens with one attached hydrogen (secondary N) is 1. The largest absolute Gasteiger partial charge is 0.497 e. The molecule has 1 atom stereocenters. The van der Waals surface area contributed by atoms with Crippen molar-refractivity contribution < 1.29 is 9.53 Å². The van der Waals surface area contributed by atoms with E-state index in [1.54, 1.807) is 7.11 Å². The predicted octanol–water partition coefficient (Wildman–Crippen LogP) is 2.72. The fraction of sp³-hybridized carbons (Fsp3) is 0.353. The molecule has 1 aromatic carbocycles. The number of amides is 1. The van der Waals surface area contributed by atoms with E-state index in [1.165, 1.54) is 16.7 Å². The number of hydrogen-bond donors (Lipinski definition) is 1. The third kappa shape index (κ3) is 3.81. The fourth-order valence-electron chi connectivity index (χ4n) is 2.38. The van der Waals surface area contributed by atoms with Crippen LogP contribution in [-0.4, -0.2) is 36.3 Å². The number of ether oxygens (including phenoxy) is 1. The van der Waals surface area contributed by atoms with Crippen molar-refractivity contribution in [2.75, 3.05) is 25.5 Å². The molecule has 0 bridgehead atoms. The van der Waals surface area contributed by atoms with Gasteiger partial charge in [-0.15, -0.1) is 0 Å². The summed E-state index contributed by atoms with van der Waals surface area (Å²) >= 11 is 1.30. The van der Waals surface area contributed by atoms with Crippen LogP contribution in [0.15, 0.2) is 34.9 Å². The number of carbonyl (C=O) groups excluding carboxylic acids is 1. The Balaban J connectivity index is 1.98. The van der Waals surface area contributed by atoms with Crippen LogP contribution in [0.5, 0.6) is 5.75 Å². The summed E-state index contributed by atoms with van der Waals surface area (Å²) in [6.07, 6.45) is 0.611. The monoisotopic (exact) mass is 342 g/mol. The molecule has 7 heteroatoms. The Bertz CT molecular complexity index is 700. The number of hydrogen-bond acceptors (Lipinski definition) is 6. The van der Waals surface area contributed by atoms with Gasteiger partial charge in [-0.1, -0.05) is 11.8 Å². The molecule has 0 aromatic heterocycles. The zero-order valence-corrected chi connectivity index (χ0v) is 14.4. The maximum Gasteiger partial charge on any atom is 0.241 e. The van der Waals surface area contributed by atoms with Crippen LogP contribution < -0.4 is 10.1 Å². The summed E-state index contributed by atoms with van der Waals surface area (Å²) in [6.45, 7) is 2.91. The third-order valence-corrected chi connectivity index (χ3v) is 4.99. The lowest BCUT2D eigenvalue weighted by atomic mass is 10.2. The molecular weight excluding hydrogens is 324 g/mol. The van der Waals surface area contributed by atoms with E-state index in [4.69, 9.17) is 15.3 Å². The second-order valence-electron chi connectivity index (χ2n) is 5.04. The first-order valence-corrected chi connectivity index (χ1v) is 8.43. The Hall–Kier alpha value is -2.64. The average molecular weight is 342 g/mol. The minimum atomic E-state index is -0.276. The van der Waals surface area contributed by atoms with Crippen molar-refractivity contribution in [1.82, 2.24) is 4.90 Å². The van der Waals surface area contributed by atoms with Crippen molar-refractivity contribution >= 4 is 23.4 Å². The number of carbonyl (C=O) groups is 1. The highest BCUT2D eigenvalue weighted by molar-refractivity contribution is 8.04. The molecule has 24 heavy (non-hydrogen) atoms. The predicted molar refractivity (Wildman–Crippen MR) is 93.1 cm³/mol. The highest BCUT2D eigenvalue weighted by Crippen LogP contribution is 2.38. The van der Waals surface area contributed by atoms with Gasteiger partial charge < -0.3 is 15.0 Å². The van der Waals surface area contributed by atoms with Gasteiger partial charge in [0.15, 0.2) is 5.57 Å². The van der Waals surface area contributed by atoms with E-state index in [-0.39, 0.29) is 16.7 Å².